The zero-order chi connectivity index (χ0) is 25.8. The number of nitrogens with zero attached hydrogens (tertiary/aromatic N) is 3. The Labute approximate surface area is 213 Å². The Kier molecular flexibility index (Phi) is 8.17. The quantitative estimate of drug-likeness (QED) is 0.309. The van der Waals surface area contributed by atoms with Crippen molar-refractivity contribution in [3.8, 4) is 11.4 Å². The molecule has 36 heavy (non-hydrogen) atoms. The Morgan fingerprint density at radius 2 is 2.08 bits per heavy atom. The van der Waals surface area contributed by atoms with Gasteiger partial charge in [0.1, 0.15) is 5.65 Å². The fraction of sp³-hybridized carbons (Fsp3) is 0.440. The number of aliphatic carboxylic acids is 1. The van der Waals surface area contributed by atoms with E-state index in [-0.39, 0.29) is 35.8 Å². The molecule has 0 saturated heterocycles. The number of rotatable bonds is 10. The summed E-state index contributed by atoms with van der Waals surface area (Å²) in [6.45, 7) is 6.66. The number of nitrogens with one attached hydrogen (secondary N) is 3. The molecule has 9 nitrogen and oxygen atoms in total. The molecule has 0 radical (unpaired) electrons. The van der Waals surface area contributed by atoms with Crippen LogP contribution in [0.1, 0.15) is 40.0 Å². The van der Waals surface area contributed by atoms with Crippen molar-refractivity contribution in [1.82, 2.24) is 25.3 Å². The summed E-state index contributed by atoms with van der Waals surface area (Å²) < 4.78 is 21.2. The van der Waals surface area contributed by atoms with Gasteiger partial charge in [-0.2, -0.15) is 0 Å². The molecule has 1 aliphatic rings. The first kappa shape index (κ1) is 26.0. The number of carbonyl (C=O) groups is 1. The topological polar surface area (TPSA) is 125 Å². The van der Waals surface area contributed by atoms with Crippen LogP contribution in [0, 0.1) is 5.82 Å². The van der Waals surface area contributed by atoms with E-state index in [0.717, 1.165) is 19.0 Å². The lowest BCUT2D eigenvalue weighted by molar-refractivity contribution is -0.133. The monoisotopic (exact) mass is 516 g/mol. The molecule has 3 atom stereocenters. The average molecular weight is 517 g/mol. The summed E-state index contributed by atoms with van der Waals surface area (Å²) in [6.07, 6.45) is 7.37. The number of carboxylic acids is 1. The molecule has 0 aliphatic heterocycles. The van der Waals surface area contributed by atoms with E-state index in [1.54, 1.807) is 18.3 Å². The number of fused-ring (bicyclic) bond motifs is 1. The molecule has 1 aliphatic carbocycles. The van der Waals surface area contributed by atoms with Crippen LogP contribution in [0.15, 0.2) is 36.3 Å². The first-order valence-electron chi connectivity index (χ1n) is 12.1. The summed E-state index contributed by atoms with van der Waals surface area (Å²) >= 11 is 6.11. The number of hydrogen-bond acceptors (Lipinski definition) is 7. The van der Waals surface area contributed by atoms with Gasteiger partial charge >= 0.3 is 5.97 Å². The molecule has 192 valence electrons. The van der Waals surface area contributed by atoms with Crippen LogP contribution in [-0.2, 0) is 9.53 Å². The van der Waals surface area contributed by atoms with Gasteiger partial charge in [-0.15, -0.1) is 0 Å². The fourth-order valence-corrected chi connectivity index (χ4v) is 4.69. The normalized spacial score (nSPS) is 20.1. The van der Waals surface area contributed by atoms with Crippen molar-refractivity contribution in [1.29, 1.82) is 0 Å². The molecule has 3 aromatic heterocycles. The highest BCUT2D eigenvalue weighted by Gasteiger charge is 2.37. The van der Waals surface area contributed by atoms with Crippen LogP contribution >= 0.6 is 11.6 Å². The predicted molar refractivity (Wildman–Crippen MR) is 137 cm³/mol. The molecule has 3 heterocycles. The number of hydrogen-bond donors (Lipinski definition) is 4. The fourth-order valence-electron chi connectivity index (χ4n) is 4.53. The Morgan fingerprint density at radius 1 is 1.31 bits per heavy atom. The number of ether oxygens (including phenoxy) is 1. The van der Waals surface area contributed by atoms with Crippen LogP contribution in [0.4, 0.5) is 10.2 Å². The Morgan fingerprint density at radius 3 is 2.78 bits per heavy atom. The highest BCUT2D eigenvalue weighted by Crippen LogP contribution is 2.30. The van der Waals surface area contributed by atoms with E-state index in [0.29, 0.717) is 28.2 Å². The molecule has 0 spiro atoms. The Hall–Kier alpha value is -3.08. The number of pyridine rings is 1. The first-order chi connectivity index (χ1) is 17.3. The van der Waals surface area contributed by atoms with E-state index in [4.69, 9.17) is 16.3 Å². The third-order valence-corrected chi connectivity index (χ3v) is 6.57. The average Bonchev–Trinajstić information content (AvgIpc) is 3.28. The largest absolute Gasteiger partial charge is 0.478 e. The third-order valence-electron chi connectivity index (χ3n) is 6.37. The van der Waals surface area contributed by atoms with Gasteiger partial charge in [-0.1, -0.05) is 38.4 Å². The highest BCUT2D eigenvalue weighted by atomic mass is 35.5. The van der Waals surface area contributed by atoms with Crippen molar-refractivity contribution in [2.24, 2.45) is 0 Å². The number of halogens is 2. The minimum Gasteiger partial charge on any atom is -0.478 e. The van der Waals surface area contributed by atoms with E-state index in [1.807, 2.05) is 20.8 Å². The summed E-state index contributed by atoms with van der Waals surface area (Å²) in [4.78, 5) is 27.8. The number of aromatic nitrogens is 4. The SMILES string of the molecule is CCN[C@@H]1[C@@H](Nc2nc(-c3c[nH]c4ncc(Cl)cc34)ncc2F)C=C(C(=O)O)C[C@H]1OC(CC)CC. The molecule has 0 bridgehead atoms. The van der Waals surface area contributed by atoms with Gasteiger partial charge in [0.25, 0.3) is 0 Å². The van der Waals surface area contributed by atoms with Gasteiger partial charge in [-0.3, -0.25) is 0 Å². The van der Waals surface area contributed by atoms with Crippen LogP contribution in [0.3, 0.4) is 0 Å². The molecule has 0 aromatic carbocycles. The van der Waals surface area contributed by atoms with E-state index in [9.17, 15) is 14.3 Å². The summed E-state index contributed by atoms with van der Waals surface area (Å²) in [6, 6.07) is 0.854. The maximum Gasteiger partial charge on any atom is 0.331 e. The third kappa shape index (κ3) is 5.50. The van der Waals surface area contributed by atoms with Crippen molar-refractivity contribution in [3.63, 3.8) is 0 Å². The molecule has 11 heteroatoms. The van der Waals surface area contributed by atoms with E-state index in [1.165, 1.54) is 6.20 Å². The molecule has 0 saturated carbocycles. The van der Waals surface area contributed by atoms with Crippen LogP contribution in [0.2, 0.25) is 5.02 Å². The van der Waals surface area contributed by atoms with Gasteiger partial charge < -0.3 is 25.5 Å². The van der Waals surface area contributed by atoms with Crippen LogP contribution in [-0.4, -0.2) is 61.8 Å². The number of likely N-dealkylation sites (N-methyl/N-ethyl adjacent to an activating group) is 1. The molecular formula is C25H30ClFN6O3. The molecule has 3 aromatic rings. The maximum absolute atomic E-state index is 14.9. The zero-order valence-electron chi connectivity index (χ0n) is 20.4. The number of carboxylic acid groups (broad SMARTS) is 1. The second kappa shape index (κ2) is 11.3. The van der Waals surface area contributed by atoms with Gasteiger partial charge in [-0.25, -0.2) is 24.1 Å². The van der Waals surface area contributed by atoms with Crippen molar-refractivity contribution in [2.45, 2.75) is 64.3 Å². The van der Waals surface area contributed by atoms with Gasteiger partial charge in [0.2, 0.25) is 0 Å². The Balaban J connectivity index is 1.70. The number of H-pyrrole nitrogens is 1. The van der Waals surface area contributed by atoms with Crippen molar-refractivity contribution in [2.75, 3.05) is 11.9 Å². The summed E-state index contributed by atoms with van der Waals surface area (Å²) in [5, 5.41) is 17.4. The molecule has 0 amide bonds. The van der Waals surface area contributed by atoms with Gasteiger partial charge in [0.05, 0.1) is 35.5 Å². The molecule has 0 unspecified atom stereocenters. The molecule has 4 N–H and O–H groups in total. The number of aromatic amines is 1. The predicted octanol–water partition coefficient (Wildman–Crippen LogP) is 4.56. The minimum atomic E-state index is -1.03. The molecular weight excluding hydrogens is 487 g/mol. The van der Waals surface area contributed by atoms with Crippen LogP contribution < -0.4 is 10.6 Å². The Bertz CT molecular complexity index is 1260. The summed E-state index contributed by atoms with van der Waals surface area (Å²) in [7, 11) is 0. The zero-order valence-corrected chi connectivity index (χ0v) is 21.1. The smallest absolute Gasteiger partial charge is 0.331 e. The summed E-state index contributed by atoms with van der Waals surface area (Å²) in [5.74, 6) is -1.45. The molecule has 4 rings (SSSR count). The lowest BCUT2D eigenvalue weighted by atomic mass is 9.87. The van der Waals surface area contributed by atoms with Crippen molar-refractivity contribution >= 4 is 34.4 Å². The standard InChI is InChI=1S/C25H30ClFN6O3/c1-4-15(5-2)36-20-8-13(25(34)35)7-19(21(20)28-6-3)32-24-18(27)12-31-23(33-24)17-11-30-22-16(17)9-14(26)10-29-22/h7,9-12,15,19-21,28H,4-6,8H2,1-3H3,(H,29,30)(H,34,35)(H,31,32,33)/t19-,20+,21+/m0/s1. The van der Waals surface area contributed by atoms with Crippen molar-refractivity contribution < 1.29 is 19.0 Å². The summed E-state index contributed by atoms with van der Waals surface area (Å²) in [5.41, 5.74) is 1.43. The highest BCUT2D eigenvalue weighted by molar-refractivity contribution is 6.31. The lowest BCUT2D eigenvalue weighted by Crippen LogP contribution is -2.55. The second-order valence-electron chi connectivity index (χ2n) is 8.71. The first-order valence-corrected chi connectivity index (χ1v) is 12.5. The van der Waals surface area contributed by atoms with Gasteiger partial charge in [0, 0.05) is 35.3 Å². The minimum absolute atomic E-state index is 0.00496. The van der Waals surface area contributed by atoms with Gasteiger partial charge in [-0.05, 0) is 25.5 Å². The van der Waals surface area contributed by atoms with Crippen LogP contribution in [0.25, 0.3) is 22.4 Å². The second-order valence-corrected chi connectivity index (χ2v) is 9.15. The van der Waals surface area contributed by atoms with E-state index in [2.05, 4.69) is 30.6 Å². The lowest BCUT2D eigenvalue weighted by Gasteiger charge is -2.39. The van der Waals surface area contributed by atoms with Crippen LogP contribution in [0.5, 0.6) is 0 Å². The number of anilines is 1. The molecule has 0 fully saturated rings. The van der Waals surface area contributed by atoms with Crippen molar-refractivity contribution in [3.05, 3.63) is 47.1 Å². The van der Waals surface area contributed by atoms with E-state index >= 15 is 0 Å². The maximum atomic E-state index is 14.9. The van der Waals surface area contributed by atoms with Gasteiger partial charge in [0.15, 0.2) is 17.5 Å². The van der Waals surface area contributed by atoms with E-state index < -0.39 is 23.9 Å².